The smallest absolute Gasteiger partial charge is 0.228 e. The Morgan fingerprint density at radius 2 is 1.96 bits per heavy atom. The number of anilines is 2. The highest BCUT2D eigenvalue weighted by Crippen LogP contribution is 2.27. The fourth-order valence-corrected chi connectivity index (χ4v) is 3.07. The van der Waals surface area contributed by atoms with Crippen molar-refractivity contribution in [3.05, 3.63) is 57.8 Å². The van der Waals surface area contributed by atoms with Crippen LogP contribution in [-0.2, 0) is 16.0 Å². The highest BCUT2D eigenvalue weighted by Gasteiger charge is 2.24. The molecule has 1 saturated heterocycles. The molecule has 2 aromatic rings. The Kier molecular flexibility index (Phi) is 5.25. The average Bonchev–Trinajstić information content (AvgIpc) is 2.97. The lowest BCUT2D eigenvalue weighted by Gasteiger charge is -2.17. The Balaban J connectivity index is 1.68. The van der Waals surface area contributed by atoms with Crippen molar-refractivity contribution in [1.29, 1.82) is 0 Å². The van der Waals surface area contributed by atoms with E-state index in [4.69, 9.17) is 23.2 Å². The summed E-state index contributed by atoms with van der Waals surface area (Å²) < 4.78 is 14.3. The molecule has 0 bridgehead atoms. The average molecular weight is 381 g/mol. The molecule has 0 spiro atoms. The van der Waals surface area contributed by atoms with Crippen LogP contribution in [0.5, 0.6) is 0 Å². The van der Waals surface area contributed by atoms with E-state index in [0.29, 0.717) is 34.3 Å². The van der Waals surface area contributed by atoms with Crippen LogP contribution < -0.4 is 10.2 Å². The molecule has 0 aliphatic carbocycles. The van der Waals surface area contributed by atoms with E-state index >= 15 is 0 Å². The summed E-state index contributed by atoms with van der Waals surface area (Å²) in [7, 11) is 0. The van der Waals surface area contributed by atoms with Crippen molar-refractivity contribution in [1.82, 2.24) is 0 Å². The van der Waals surface area contributed by atoms with Crippen molar-refractivity contribution in [3.8, 4) is 0 Å². The molecule has 1 heterocycles. The lowest BCUT2D eigenvalue weighted by Crippen LogP contribution is -2.24. The summed E-state index contributed by atoms with van der Waals surface area (Å²) in [5.74, 6) is -0.930. The second-order valence-electron chi connectivity index (χ2n) is 5.79. The van der Waals surface area contributed by atoms with Crippen LogP contribution in [0.4, 0.5) is 15.8 Å². The van der Waals surface area contributed by atoms with Crippen molar-refractivity contribution in [2.75, 3.05) is 16.8 Å². The molecule has 1 aliphatic heterocycles. The molecular formula is C18H15Cl2FN2O2. The van der Waals surface area contributed by atoms with Gasteiger partial charge in [-0.25, -0.2) is 4.39 Å². The van der Waals surface area contributed by atoms with Crippen molar-refractivity contribution >= 4 is 46.4 Å². The molecule has 0 aromatic heterocycles. The van der Waals surface area contributed by atoms with Gasteiger partial charge in [-0.15, -0.1) is 0 Å². The Labute approximate surface area is 154 Å². The predicted octanol–water partition coefficient (Wildman–Crippen LogP) is 4.44. The van der Waals surface area contributed by atoms with E-state index in [1.54, 1.807) is 24.3 Å². The Bertz CT molecular complexity index is 842. The highest BCUT2D eigenvalue weighted by atomic mass is 35.5. The zero-order chi connectivity index (χ0) is 18.0. The largest absolute Gasteiger partial charge is 0.326 e. The molecule has 0 saturated carbocycles. The first-order chi connectivity index (χ1) is 11.9. The molecule has 2 amide bonds. The quantitative estimate of drug-likeness (QED) is 0.851. The maximum atomic E-state index is 14.3. The monoisotopic (exact) mass is 380 g/mol. The van der Waals surface area contributed by atoms with Crippen molar-refractivity contribution < 1.29 is 14.0 Å². The number of hydrogen-bond acceptors (Lipinski definition) is 2. The highest BCUT2D eigenvalue weighted by molar-refractivity contribution is 6.42. The summed E-state index contributed by atoms with van der Waals surface area (Å²) >= 11 is 11.8. The van der Waals surface area contributed by atoms with Gasteiger partial charge in [0.1, 0.15) is 5.82 Å². The lowest BCUT2D eigenvalue weighted by atomic mass is 10.1. The van der Waals surface area contributed by atoms with Crippen LogP contribution in [-0.4, -0.2) is 18.4 Å². The first-order valence-corrected chi connectivity index (χ1v) is 8.53. The SMILES string of the molecule is O=C(Cc1ccc(Cl)c(Cl)c1)Nc1ccc(N2CCCC2=O)c(F)c1. The fraction of sp³-hybridized carbons (Fsp3) is 0.222. The molecule has 3 rings (SSSR count). The Hall–Kier alpha value is -2.11. The molecule has 0 radical (unpaired) electrons. The van der Waals surface area contributed by atoms with Crippen LogP contribution in [0.2, 0.25) is 10.0 Å². The van der Waals surface area contributed by atoms with Gasteiger partial charge >= 0.3 is 0 Å². The third kappa shape index (κ3) is 4.11. The number of nitrogens with zero attached hydrogens (tertiary/aromatic N) is 1. The van der Waals surface area contributed by atoms with Crippen LogP contribution in [0, 0.1) is 5.82 Å². The van der Waals surface area contributed by atoms with Crippen LogP contribution in [0.15, 0.2) is 36.4 Å². The van der Waals surface area contributed by atoms with Gasteiger partial charge < -0.3 is 10.2 Å². The molecule has 0 atom stereocenters. The van der Waals surface area contributed by atoms with Crippen LogP contribution in [0.1, 0.15) is 18.4 Å². The molecule has 2 aromatic carbocycles. The zero-order valence-corrected chi connectivity index (χ0v) is 14.7. The van der Waals surface area contributed by atoms with Crippen LogP contribution in [0.25, 0.3) is 0 Å². The fourth-order valence-electron chi connectivity index (χ4n) is 2.75. The zero-order valence-electron chi connectivity index (χ0n) is 13.2. The number of rotatable bonds is 4. The molecular weight excluding hydrogens is 366 g/mol. The summed E-state index contributed by atoms with van der Waals surface area (Å²) in [5.41, 5.74) is 1.27. The third-order valence-electron chi connectivity index (χ3n) is 3.94. The second-order valence-corrected chi connectivity index (χ2v) is 6.60. The van der Waals surface area contributed by atoms with Crippen molar-refractivity contribution in [2.24, 2.45) is 0 Å². The summed E-state index contributed by atoms with van der Waals surface area (Å²) in [6.07, 6.45) is 1.24. The van der Waals surface area contributed by atoms with Crippen LogP contribution >= 0.6 is 23.2 Å². The minimum absolute atomic E-state index is 0.0877. The molecule has 1 aliphatic rings. The standard InChI is InChI=1S/C18H15Cl2FN2O2/c19-13-5-3-11(8-14(13)20)9-17(24)22-12-4-6-16(15(21)10-12)23-7-1-2-18(23)25/h3-6,8,10H,1-2,7,9H2,(H,22,24). The molecule has 1 N–H and O–H groups in total. The number of nitrogens with one attached hydrogen (secondary N) is 1. The van der Waals surface area contributed by atoms with Gasteiger partial charge in [0.15, 0.2) is 0 Å². The van der Waals surface area contributed by atoms with E-state index in [1.165, 1.54) is 17.0 Å². The van der Waals surface area contributed by atoms with E-state index in [0.717, 1.165) is 6.42 Å². The van der Waals surface area contributed by atoms with Crippen molar-refractivity contribution in [3.63, 3.8) is 0 Å². The topological polar surface area (TPSA) is 49.4 Å². The number of carbonyl (C=O) groups excluding carboxylic acids is 2. The third-order valence-corrected chi connectivity index (χ3v) is 4.68. The minimum atomic E-state index is -0.539. The van der Waals surface area contributed by atoms with Gasteiger partial charge in [0, 0.05) is 18.7 Å². The molecule has 25 heavy (non-hydrogen) atoms. The van der Waals surface area contributed by atoms with Gasteiger partial charge in [-0.3, -0.25) is 9.59 Å². The molecule has 130 valence electrons. The Morgan fingerprint density at radius 1 is 1.16 bits per heavy atom. The van der Waals surface area contributed by atoms with Gasteiger partial charge in [0.25, 0.3) is 0 Å². The molecule has 7 heteroatoms. The Morgan fingerprint density at radius 3 is 2.60 bits per heavy atom. The summed E-state index contributed by atoms with van der Waals surface area (Å²) in [6.45, 7) is 0.513. The molecule has 4 nitrogen and oxygen atoms in total. The minimum Gasteiger partial charge on any atom is -0.326 e. The number of hydrogen-bond donors (Lipinski definition) is 1. The van der Waals surface area contributed by atoms with Gasteiger partial charge in [-0.05, 0) is 42.3 Å². The van der Waals surface area contributed by atoms with E-state index in [9.17, 15) is 14.0 Å². The van der Waals surface area contributed by atoms with Gasteiger partial charge in [0.2, 0.25) is 11.8 Å². The first kappa shape index (κ1) is 17.7. The van der Waals surface area contributed by atoms with Gasteiger partial charge in [-0.1, -0.05) is 29.3 Å². The number of benzene rings is 2. The summed E-state index contributed by atoms with van der Waals surface area (Å²) in [4.78, 5) is 25.2. The number of carbonyl (C=O) groups is 2. The summed E-state index contributed by atoms with van der Waals surface area (Å²) in [6, 6.07) is 9.24. The second kappa shape index (κ2) is 7.42. The normalized spacial score (nSPS) is 14.0. The molecule has 0 unspecified atom stereocenters. The predicted molar refractivity (Wildman–Crippen MR) is 96.8 cm³/mol. The summed E-state index contributed by atoms with van der Waals surface area (Å²) in [5, 5.41) is 3.43. The lowest BCUT2D eigenvalue weighted by molar-refractivity contribution is -0.117. The van der Waals surface area contributed by atoms with E-state index in [-0.39, 0.29) is 23.9 Å². The van der Waals surface area contributed by atoms with E-state index in [2.05, 4.69) is 5.32 Å². The van der Waals surface area contributed by atoms with Crippen molar-refractivity contribution in [2.45, 2.75) is 19.3 Å². The first-order valence-electron chi connectivity index (χ1n) is 7.78. The van der Waals surface area contributed by atoms with E-state index < -0.39 is 5.82 Å². The van der Waals surface area contributed by atoms with Crippen LogP contribution in [0.3, 0.4) is 0 Å². The number of halogens is 3. The number of amides is 2. The molecule has 1 fully saturated rings. The maximum Gasteiger partial charge on any atom is 0.228 e. The van der Waals surface area contributed by atoms with Gasteiger partial charge in [0.05, 0.1) is 22.2 Å². The maximum absolute atomic E-state index is 14.3. The van der Waals surface area contributed by atoms with E-state index in [1.807, 2.05) is 0 Å². The van der Waals surface area contributed by atoms with Gasteiger partial charge in [-0.2, -0.15) is 0 Å².